The van der Waals surface area contributed by atoms with E-state index in [1.54, 1.807) is 12.1 Å². The molecule has 2 N–H and O–H groups in total. The zero-order valence-electron chi connectivity index (χ0n) is 9.22. The molecule has 16 heavy (non-hydrogen) atoms. The molecule has 5 nitrogen and oxygen atoms in total. The molecule has 0 saturated heterocycles. The molecule has 0 unspecified atom stereocenters. The minimum Gasteiger partial charge on any atom is -0.477 e. The lowest BCUT2D eigenvalue weighted by Gasteiger charge is -2.25. The fourth-order valence-electron chi connectivity index (χ4n) is 1.52. The van der Waals surface area contributed by atoms with Crippen molar-refractivity contribution >= 4 is 17.3 Å². The normalized spacial score (nSPS) is 14.4. The van der Waals surface area contributed by atoms with E-state index in [4.69, 9.17) is 15.3 Å². The van der Waals surface area contributed by atoms with Crippen LogP contribution in [0.25, 0.3) is 0 Å². The van der Waals surface area contributed by atoms with Crippen molar-refractivity contribution in [3.05, 3.63) is 24.3 Å². The van der Waals surface area contributed by atoms with E-state index in [1.807, 2.05) is 24.3 Å². The number of hydrogen-bond acceptors (Lipinski definition) is 5. The molecule has 1 aromatic carbocycles. The lowest BCUT2D eigenvalue weighted by Crippen LogP contribution is -2.39. The lowest BCUT2D eigenvalue weighted by atomic mass is 10.2. The predicted octanol–water partition coefficient (Wildman–Crippen LogP) is 1.07. The number of ether oxygens (including phenoxy) is 2. The number of hydrazine groups is 1. The number of nitrogens with zero attached hydrogens (tertiary/aromatic N) is 2. The molecule has 0 aliphatic carbocycles. The first kappa shape index (κ1) is 10.9. The molecular weight excluding hydrogens is 206 g/mol. The molecule has 0 radical (unpaired) electrons. The number of benzene rings is 1. The third-order valence-electron chi connectivity index (χ3n) is 2.30. The number of rotatable bonds is 3. The zero-order valence-corrected chi connectivity index (χ0v) is 9.22. The highest BCUT2D eigenvalue weighted by Gasteiger charge is 2.17. The molecule has 0 spiro atoms. The second-order valence-electron chi connectivity index (χ2n) is 3.46. The van der Waals surface area contributed by atoms with Crippen LogP contribution in [0.1, 0.15) is 0 Å². The third kappa shape index (κ3) is 2.32. The van der Waals surface area contributed by atoms with Crippen molar-refractivity contribution in [2.45, 2.75) is 0 Å². The fourth-order valence-corrected chi connectivity index (χ4v) is 1.52. The van der Waals surface area contributed by atoms with Crippen molar-refractivity contribution in [1.82, 2.24) is 0 Å². The smallest absolute Gasteiger partial charge is 0.210 e. The molecule has 1 aliphatic rings. The second-order valence-corrected chi connectivity index (χ2v) is 3.46. The monoisotopic (exact) mass is 221 g/mol. The van der Waals surface area contributed by atoms with Gasteiger partial charge in [-0.3, -0.25) is 5.01 Å². The van der Waals surface area contributed by atoms with Gasteiger partial charge in [0.2, 0.25) is 5.90 Å². The van der Waals surface area contributed by atoms with Gasteiger partial charge in [-0.15, -0.1) is 0 Å². The van der Waals surface area contributed by atoms with Crippen LogP contribution in [0.4, 0.5) is 11.4 Å². The molecule has 0 bridgehead atoms. The summed E-state index contributed by atoms with van der Waals surface area (Å²) >= 11 is 0. The van der Waals surface area contributed by atoms with E-state index in [-0.39, 0.29) is 0 Å². The molecule has 2 rings (SSSR count). The second kappa shape index (κ2) is 4.96. The molecule has 1 aliphatic heterocycles. The molecule has 5 heteroatoms. The summed E-state index contributed by atoms with van der Waals surface area (Å²) in [5.41, 5.74) is 1.75. The summed E-state index contributed by atoms with van der Waals surface area (Å²) in [5, 5.41) is 1.63. The maximum absolute atomic E-state index is 5.88. The van der Waals surface area contributed by atoms with E-state index in [2.05, 4.69) is 4.99 Å². The molecule has 0 saturated carbocycles. The molecule has 0 atom stereocenters. The Hall–Kier alpha value is -1.59. The number of para-hydroxylation sites is 2. The van der Waals surface area contributed by atoms with E-state index in [9.17, 15) is 0 Å². The first-order valence-electron chi connectivity index (χ1n) is 5.12. The first-order valence-corrected chi connectivity index (χ1v) is 5.12. The Kier molecular flexibility index (Phi) is 3.38. The summed E-state index contributed by atoms with van der Waals surface area (Å²) in [4.78, 5) is 4.38. The van der Waals surface area contributed by atoms with Gasteiger partial charge in [-0.2, -0.15) is 0 Å². The predicted molar refractivity (Wildman–Crippen MR) is 62.9 cm³/mol. The van der Waals surface area contributed by atoms with E-state index in [1.165, 1.54) is 0 Å². The van der Waals surface area contributed by atoms with Gasteiger partial charge in [0, 0.05) is 7.11 Å². The molecule has 1 heterocycles. The Balaban J connectivity index is 2.10. The van der Waals surface area contributed by atoms with Gasteiger partial charge in [-0.1, -0.05) is 12.1 Å². The van der Waals surface area contributed by atoms with Crippen molar-refractivity contribution in [1.29, 1.82) is 0 Å². The molecule has 0 amide bonds. The van der Waals surface area contributed by atoms with Crippen molar-refractivity contribution in [3.63, 3.8) is 0 Å². The molecule has 0 aromatic heterocycles. The Morgan fingerprint density at radius 1 is 1.38 bits per heavy atom. The van der Waals surface area contributed by atoms with E-state index in [0.29, 0.717) is 25.7 Å². The number of hydrogen-bond donors (Lipinski definition) is 1. The molecule has 86 valence electrons. The largest absolute Gasteiger partial charge is 0.477 e. The van der Waals surface area contributed by atoms with Crippen molar-refractivity contribution in [2.75, 3.05) is 31.9 Å². The average Bonchev–Trinajstić information content (AvgIpc) is 2.30. The highest BCUT2D eigenvalue weighted by molar-refractivity contribution is 5.90. The Morgan fingerprint density at radius 3 is 3.00 bits per heavy atom. The van der Waals surface area contributed by atoms with E-state index in [0.717, 1.165) is 11.4 Å². The highest BCUT2D eigenvalue weighted by Crippen LogP contribution is 2.29. The summed E-state index contributed by atoms with van der Waals surface area (Å²) in [7, 11) is 1.64. The van der Waals surface area contributed by atoms with Gasteiger partial charge in [0.25, 0.3) is 0 Å². The van der Waals surface area contributed by atoms with Crippen LogP contribution in [0.15, 0.2) is 29.3 Å². The van der Waals surface area contributed by atoms with Crippen molar-refractivity contribution < 1.29 is 9.47 Å². The topological polar surface area (TPSA) is 60.1 Å². The number of nitrogens with two attached hydrogens (primary N) is 1. The Bertz CT molecular complexity index is 393. The fraction of sp³-hybridized carbons (Fsp3) is 0.364. The lowest BCUT2D eigenvalue weighted by molar-refractivity contribution is 0.140. The Morgan fingerprint density at radius 2 is 2.19 bits per heavy atom. The molecular formula is C11H15N3O2. The SMILES string of the molecule is COCCOC1=Nc2ccccc2N(N)C1. The maximum atomic E-state index is 5.88. The third-order valence-corrected chi connectivity index (χ3v) is 2.30. The molecule has 1 aromatic rings. The minimum absolute atomic E-state index is 0.487. The summed E-state index contributed by atoms with van der Waals surface area (Å²) in [6.45, 7) is 1.53. The minimum atomic E-state index is 0.487. The van der Waals surface area contributed by atoms with Gasteiger partial charge < -0.3 is 9.47 Å². The average molecular weight is 221 g/mol. The van der Waals surface area contributed by atoms with Crippen molar-refractivity contribution in [3.8, 4) is 0 Å². The van der Waals surface area contributed by atoms with Crippen molar-refractivity contribution in [2.24, 2.45) is 10.8 Å². The zero-order chi connectivity index (χ0) is 11.4. The van der Waals surface area contributed by atoms with Crippen LogP contribution in [-0.2, 0) is 9.47 Å². The van der Waals surface area contributed by atoms with Gasteiger partial charge in [0.1, 0.15) is 13.2 Å². The Labute approximate surface area is 94.4 Å². The van der Waals surface area contributed by atoms with Gasteiger partial charge in [0.15, 0.2) is 0 Å². The number of aliphatic imine (C=N–C) groups is 1. The maximum Gasteiger partial charge on any atom is 0.210 e. The summed E-state index contributed by atoms with van der Waals surface area (Å²) < 4.78 is 10.4. The van der Waals surface area contributed by atoms with Gasteiger partial charge in [-0.05, 0) is 12.1 Å². The standard InChI is InChI=1S/C11H15N3O2/c1-15-6-7-16-11-8-14(12)10-5-3-2-4-9(10)13-11/h2-5H,6-8,12H2,1H3. The first-order chi connectivity index (χ1) is 7.81. The highest BCUT2D eigenvalue weighted by atomic mass is 16.5. The van der Waals surface area contributed by atoms with Gasteiger partial charge >= 0.3 is 0 Å². The van der Waals surface area contributed by atoms with Crippen LogP contribution in [0.3, 0.4) is 0 Å². The van der Waals surface area contributed by atoms with Gasteiger partial charge in [0.05, 0.1) is 18.0 Å². The van der Waals surface area contributed by atoms with E-state index >= 15 is 0 Å². The van der Waals surface area contributed by atoms with Crippen LogP contribution < -0.4 is 10.9 Å². The summed E-state index contributed by atoms with van der Waals surface area (Å²) in [5.74, 6) is 6.51. The van der Waals surface area contributed by atoms with Crippen LogP contribution in [0.2, 0.25) is 0 Å². The van der Waals surface area contributed by atoms with Crippen LogP contribution in [0, 0.1) is 0 Å². The van der Waals surface area contributed by atoms with Crippen LogP contribution in [0.5, 0.6) is 0 Å². The number of anilines is 1. The molecule has 0 fully saturated rings. The summed E-state index contributed by atoms with van der Waals surface area (Å²) in [6, 6.07) is 7.71. The van der Waals surface area contributed by atoms with E-state index < -0.39 is 0 Å². The quantitative estimate of drug-likeness (QED) is 0.612. The van der Waals surface area contributed by atoms with Crippen LogP contribution >= 0.6 is 0 Å². The number of methoxy groups -OCH3 is 1. The summed E-state index contributed by atoms with van der Waals surface area (Å²) in [6.07, 6.45) is 0. The number of fused-ring (bicyclic) bond motifs is 1. The van der Waals surface area contributed by atoms with Gasteiger partial charge in [-0.25, -0.2) is 10.8 Å². The van der Waals surface area contributed by atoms with Crippen LogP contribution in [-0.4, -0.2) is 32.8 Å².